The molecular weight excluding hydrogens is 642 g/mol. The Morgan fingerprint density at radius 1 is 1.06 bits per heavy atom. The third-order valence-corrected chi connectivity index (χ3v) is 9.15. The molecule has 0 radical (unpaired) electrons. The lowest BCUT2D eigenvalue weighted by atomic mass is 9.95. The Bertz CT molecular complexity index is 1830. The van der Waals surface area contributed by atoms with Gasteiger partial charge in [-0.15, -0.1) is 0 Å². The standard InChI is InChI=1S/C34H39ClF2N8O3/c1-20-27(17-39-41-20)24-8-9-26(31(37)30(24)36)29-18-38-32(43(29)5)33(47)40-23-6-7-25(28(35)16-23)34(48)44-12-10-22(11-13-44)19-45(21(2)46)15-14-42(3)4/h6-9,16-18,22H,10-15,19H2,1-5H3,(H,39,41)(H,40,47)/p+1. The number of carbonyl (C=O) groups is 3. The first-order chi connectivity index (χ1) is 22.8. The first-order valence-corrected chi connectivity index (χ1v) is 16.2. The summed E-state index contributed by atoms with van der Waals surface area (Å²) in [5.41, 5.74) is 1.93. The molecule has 48 heavy (non-hydrogen) atoms. The maximum Gasteiger partial charge on any atom is 0.291 e. The van der Waals surface area contributed by atoms with Crippen molar-refractivity contribution < 1.29 is 28.1 Å². The quantitative estimate of drug-likeness (QED) is 0.235. The molecule has 1 fully saturated rings. The van der Waals surface area contributed by atoms with Gasteiger partial charge in [-0.1, -0.05) is 17.7 Å². The fourth-order valence-electron chi connectivity index (χ4n) is 5.94. The van der Waals surface area contributed by atoms with Crippen molar-refractivity contribution in [1.29, 1.82) is 0 Å². The second-order valence-corrected chi connectivity index (χ2v) is 12.9. The molecule has 2 aromatic carbocycles. The van der Waals surface area contributed by atoms with Gasteiger partial charge in [-0.05, 0) is 49.9 Å². The lowest BCUT2D eigenvalue weighted by Crippen LogP contribution is -3.06. The van der Waals surface area contributed by atoms with Crippen LogP contribution < -0.4 is 10.2 Å². The summed E-state index contributed by atoms with van der Waals surface area (Å²) in [6.07, 6.45) is 4.30. The summed E-state index contributed by atoms with van der Waals surface area (Å²) in [5, 5.41) is 9.48. The minimum atomic E-state index is -1.07. The summed E-state index contributed by atoms with van der Waals surface area (Å²) in [6.45, 7) is 6.68. The number of halogens is 3. The van der Waals surface area contributed by atoms with Gasteiger partial charge < -0.3 is 24.6 Å². The molecule has 5 rings (SSSR count). The minimum Gasteiger partial charge on any atom is -0.339 e. The number of amides is 3. The number of aromatic amines is 1. The lowest BCUT2D eigenvalue weighted by molar-refractivity contribution is -0.857. The van der Waals surface area contributed by atoms with Crippen LogP contribution in [-0.2, 0) is 11.8 Å². The number of hydrogen-bond donors (Lipinski definition) is 3. The zero-order chi connectivity index (χ0) is 34.7. The van der Waals surface area contributed by atoms with E-state index in [9.17, 15) is 14.4 Å². The highest BCUT2D eigenvalue weighted by Gasteiger charge is 2.28. The molecule has 0 aliphatic carbocycles. The molecule has 2 aromatic heterocycles. The number of likely N-dealkylation sites (N-methyl/N-ethyl adjacent to an activating group) is 1. The largest absolute Gasteiger partial charge is 0.339 e. The van der Waals surface area contributed by atoms with Crippen LogP contribution in [0.4, 0.5) is 14.5 Å². The number of nitrogens with zero attached hydrogens (tertiary/aromatic N) is 5. The highest BCUT2D eigenvalue weighted by molar-refractivity contribution is 6.34. The maximum atomic E-state index is 15.2. The number of rotatable bonds is 10. The first kappa shape index (κ1) is 34.7. The summed E-state index contributed by atoms with van der Waals surface area (Å²) in [7, 11) is 5.65. The van der Waals surface area contributed by atoms with Gasteiger partial charge in [-0.3, -0.25) is 19.5 Å². The molecule has 4 aromatic rings. The van der Waals surface area contributed by atoms with Crippen molar-refractivity contribution in [3.8, 4) is 22.4 Å². The molecule has 0 bridgehead atoms. The van der Waals surface area contributed by atoms with Crippen molar-refractivity contribution in [1.82, 2.24) is 29.5 Å². The molecule has 0 atom stereocenters. The van der Waals surface area contributed by atoms with Crippen molar-refractivity contribution in [3.05, 3.63) is 76.5 Å². The number of likely N-dealkylation sites (tertiary alicyclic amines) is 1. The van der Waals surface area contributed by atoms with Crippen molar-refractivity contribution in [2.75, 3.05) is 52.1 Å². The Morgan fingerprint density at radius 2 is 1.75 bits per heavy atom. The molecule has 3 heterocycles. The van der Waals surface area contributed by atoms with E-state index >= 15 is 8.78 Å². The van der Waals surface area contributed by atoms with Gasteiger partial charge in [0.1, 0.15) is 0 Å². The van der Waals surface area contributed by atoms with E-state index in [4.69, 9.17) is 11.6 Å². The number of aryl methyl sites for hydroxylation is 1. The molecule has 3 amide bonds. The van der Waals surface area contributed by atoms with E-state index in [1.54, 1.807) is 30.9 Å². The molecule has 11 nitrogen and oxygen atoms in total. The van der Waals surface area contributed by atoms with Crippen LogP contribution in [-0.4, -0.2) is 94.1 Å². The van der Waals surface area contributed by atoms with Crippen LogP contribution in [0.1, 0.15) is 46.4 Å². The Morgan fingerprint density at radius 3 is 2.38 bits per heavy atom. The average Bonchev–Trinajstić information content (AvgIpc) is 3.65. The topological polar surface area (TPSA) is 121 Å². The van der Waals surface area contributed by atoms with E-state index in [2.05, 4.69) is 34.6 Å². The summed E-state index contributed by atoms with van der Waals surface area (Å²) in [4.78, 5) is 47.7. The van der Waals surface area contributed by atoms with E-state index in [1.807, 2.05) is 4.90 Å². The number of hydrogen-bond acceptors (Lipinski definition) is 5. The number of imidazole rings is 1. The molecule has 1 aliphatic heterocycles. The molecule has 3 N–H and O–H groups in total. The summed E-state index contributed by atoms with van der Waals surface area (Å²) in [5.74, 6) is -2.56. The summed E-state index contributed by atoms with van der Waals surface area (Å²) in [6, 6.07) is 7.54. The van der Waals surface area contributed by atoms with E-state index < -0.39 is 17.5 Å². The fraction of sp³-hybridized carbons (Fsp3) is 0.382. The summed E-state index contributed by atoms with van der Waals surface area (Å²) >= 11 is 6.52. The number of nitrogens with one attached hydrogen (secondary N) is 3. The predicted molar refractivity (Wildman–Crippen MR) is 179 cm³/mol. The third kappa shape index (κ3) is 7.42. The van der Waals surface area contributed by atoms with E-state index in [1.165, 1.54) is 47.1 Å². The van der Waals surface area contributed by atoms with E-state index in [0.717, 1.165) is 19.4 Å². The highest BCUT2D eigenvalue weighted by atomic mass is 35.5. The third-order valence-electron chi connectivity index (χ3n) is 8.83. The van der Waals surface area contributed by atoms with Crippen LogP contribution in [0.15, 0.2) is 42.7 Å². The van der Waals surface area contributed by atoms with Gasteiger partial charge in [0.25, 0.3) is 11.8 Å². The predicted octanol–water partition coefficient (Wildman–Crippen LogP) is 3.81. The van der Waals surface area contributed by atoms with Crippen LogP contribution in [0, 0.1) is 24.5 Å². The van der Waals surface area contributed by atoms with Gasteiger partial charge >= 0.3 is 0 Å². The maximum absolute atomic E-state index is 15.2. The second kappa shape index (κ2) is 14.7. The van der Waals surface area contributed by atoms with Gasteiger partial charge in [-0.2, -0.15) is 5.10 Å². The van der Waals surface area contributed by atoms with Crippen LogP contribution in [0.5, 0.6) is 0 Å². The molecule has 0 unspecified atom stereocenters. The van der Waals surface area contributed by atoms with Gasteiger partial charge in [0, 0.05) is 61.7 Å². The van der Waals surface area contributed by atoms with Crippen LogP contribution in [0.3, 0.4) is 0 Å². The average molecular weight is 682 g/mol. The second-order valence-electron chi connectivity index (χ2n) is 12.5. The van der Waals surface area contributed by atoms with E-state index in [-0.39, 0.29) is 39.5 Å². The fourth-order valence-corrected chi connectivity index (χ4v) is 6.20. The summed E-state index contributed by atoms with van der Waals surface area (Å²) < 4.78 is 31.7. The SMILES string of the molecule is CC(=O)N(CC[NH+](C)C)CC1CCN(C(=O)c2ccc(NC(=O)c3ncc(-c4ccc(-c5cn[nH]c5C)c(F)c4F)n3C)cc2Cl)CC1. The molecule has 254 valence electrons. The van der Waals surface area contributed by atoms with Crippen molar-refractivity contribution in [3.63, 3.8) is 0 Å². The molecule has 0 saturated carbocycles. The molecule has 0 spiro atoms. The zero-order valence-corrected chi connectivity index (χ0v) is 28.4. The van der Waals surface area contributed by atoms with Crippen LogP contribution in [0.25, 0.3) is 22.4 Å². The number of benzene rings is 2. The molecule has 14 heteroatoms. The normalized spacial score (nSPS) is 13.6. The van der Waals surface area contributed by atoms with Gasteiger partial charge in [-0.25, -0.2) is 13.8 Å². The van der Waals surface area contributed by atoms with Gasteiger partial charge in [0.05, 0.1) is 55.9 Å². The lowest BCUT2D eigenvalue weighted by Gasteiger charge is -2.35. The number of anilines is 1. The van der Waals surface area contributed by atoms with Gasteiger partial charge in [0.15, 0.2) is 17.5 Å². The Hall–Kier alpha value is -4.62. The van der Waals surface area contributed by atoms with Crippen LogP contribution >= 0.6 is 11.6 Å². The number of piperidine rings is 1. The monoisotopic (exact) mass is 681 g/mol. The Kier molecular flexibility index (Phi) is 10.6. The van der Waals surface area contributed by atoms with Gasteiger partial charge in [0.2, 0.25) is 5.91 Å². The smallest absolute Gasteiger partial charge is 0.291 e. The number of aromatic nitrogens is 4. The number of H-pyrrole nitrogens is 1. The Balaban J connectivity index is 1.22. The highest BCUT2D eigenvalue weighted by Crippen LogP contribution is 2.33. The number of carbonyl (C=O) groups excluding carboxylic acids is 3. The van der Waals surface area contributed by atoms with Crippen molar-refractivity contribution in [2.24, 2.45) is 13.0 Å². The first-order valence-electron chi connectivity index (χ1n) is 15.8. The van der Waals surface area contributed by atoms with Crippen molar-refractivity contribution in [2.45, 2.75) is 26.7 Å². The Labute approximate surface area is 282 Å². The minimum absolute atomic E-state index is 0.0370. The number of quaternary nitrogens is 1. The van der Waals surface area contributed by atoms with Crippen LogP contribution in [0.2, 0.25) is 5.02 Å². The molecule has 1 saturated heterocycles. The molecular formula is C34H40ClF2N8O3+. The molecule has 1 aliphatic rings. The zero-order valence-electron chi connectivity index (χ0n) is 27.7. The van der Waals surface area contributed by atoms with Crippen molar-refractivity contribution >= 4 is 35.0 Å². The van der Waals surface area contributed by atoms with E-state index in [0.29, 0.717) is 54.6 Å².